The molecule has 130 valence electrons. The smallest absolute Gasteiger partial charge is 0.251 e. The minimum Gasteiger partial charge on any atom is -0.352 e. The van der Waals surface area contributed by atoms with Crippen molar-refractivity contribution >= 4 is 5.91 Å². The topological polar surface area (TPSA) is 41.1 Å². The molecule has 0 radical (unpaired) electrons. The lowest BCUT2D eigenvalue weighted by Gasteiger charge is -2.38. The third kappa shape index (κ3) is 3.80. The van der Waals surface area contributed by atoms with Gasteiger partial charge in [-0.15, -0.1) is 0 Å². The molecular formula is C20H27FN2O. The summed E-state index contributed by atoms with van der Waals surface area (Å²) >= 11 is 0. The highest BCUT2D eigenvalue weighted by molar-refractivity contribution is 5.94. The average molecular weight is 330 g/mol. The van der Waals surface area contributed by atoms with Gasteiger partial charge in [0.1, 0.15) is 5.67 Å². The molecule has 4 rings (SSSR count). The van der Waals surface area contributed by atoms with Crippen molar-refractivity contribution in [1.82, 2.24) is 10.6 Å². The van der Waals surface area contributed by atoms with Gasteiger partial charge in [0.2, 0.25) is 0 Å². The van der Waals surface area contributed by atoms with Crippen LogP contribution in [0.4, 0.5) is 4.39 Å². The molecule has 3 fully saturated rings. The number of hydrogen-bond donors (Lipinski definition) is 2. The molecular weight excluding hydrogens is 303 g/mol. The van der Waals surface area contributed by atoms with Gasteiger partial charge in [0.15, 0.2) is 0 Å². The minimum atomic E-state index is -1.02. The molecule has 1 aromatic rings. The molecule has 3 aliphatic rings. The molecule has 3 nitrogen and oxygen atoms in total. The summed E-state index contributed by atoms with van der Waals surface area (Å²) in [6, 6.07) is 8.58. The summed E-state index contributed by atoms with van der Waals surface area (Å²) < 4.78 is 13.5. The Morgan fingerprint density at radius 3 is 2.75 bits per heavy atom. The first kappa shape index (κ1) is 16.1. The predicted octanol–water partition coefficient (Wildman–Crippen LogP) is 3.41. The number of nitrogens with one attached hydrogen (secondary N) is 2. The fraction of sp³-hybridized carbons (Fsp3) is 0.650. The van der Waals surface area contributed by atoms with Crippen LogP contribution in [0.3, 0.4) is 0 Å². The molecule has 2 unspecified atom stereocenters. The monoisotopic (exact) mass is 330 g/mol. The molecule has 0 spiro atoms. The zero-order valence-electron chi connectivity index (χ0n) is 14.4. The highest BCUT2D eigenvalue weighted by Gasteiger charge is 2.41. The molecule has 1 aromatic carbocycles. The fourth-order valence-electron chi connectivity index (χ4n) is 3.97. The first-order valence-electron chi connectivity index (χ1n) is 9.31. The van der Waals surface area contributed by atoms with Crippen LogP contribution in [0.15, 0.2) is 24.3 Å². The van der Waals surface area contributed by atoms with Crippen LogP contribution >= 0.6 is 0 Å². The predicted molar refractivity (Wildman–Crippen MR) is 92.9 cm³/mol. The van der Waals surface area contributed by atoms with Crippen LogP contribution in [-0.2, 0) is 0 Å². The molecule has 3 saturated carbocycles. The van der Waals surface area contributed by atoms with E-state index in [2.05, 4.69) is 16.7 Å². The van der Waals surface area contributed by atoms with Gasteiger partial charge in [0.05, 0.1) is 0 Å². The number of benzene rings is 1. The lowest BCUT2D eigenvalue weighted by molar-refractivity contribution is 0.0254. The van der Waals surface area contributed by atoms with Crippen molar-refractivity contribution in [3.05, 3.63) is 35.4 Å². The van der Waals surface area contributed by atoms with Crippen molar-refractivity contribution in [2.24, 2.45) is 11.8 Å². The molecule has 1 amide bonds. The van der Waals surface area contributed by atoms with Crippen LogP contribution < -0.4 is 10.6 Å². The molecule has 2 N–H and O–H groups in total. The summed E-state index contributed by atoms with van der Waals surface area (Å²) in [5, 5.41) is 6.61. The second-order valence-corrected chi connectivity index (χ2v) is 8.32. The largest absolute Gasteiger partial charge is 0.352 e. The minimum absolute atomic E-state index is 0.0348. The SMILES string of the molecule is CC1(F)CC(CNC(=O)c2cccc(C3CC3NCC3CC3)c2)C1. The second kappa shape index (κ2) is 6.14. The van der Waals surface area contributed by atoms with Crippen molar-refractivity contribution in [2.45, 2.75) is 56.7 Å². The second-order valence-electron chi connectivity index (χ2n) is 8.32. The van der Waals surface area contributed by atoms with E-state index in [1.165, 1.54) is 24.8 Å². The van der Waals surface area contributed by atoms with Crippen LogP contribution in [-0.4, -0.2) is 30.7 Å². The highest BCUT2D eigenvalue weighted by Crippen LogP contribution is 2.42. The van der Waals surface area contributed by atoms with Crippen LogP contribution in [0, 0.1) is 11.8 Å². The van der Waals surface area contributed by atoms with Gasteiger partial charge in [-0.3, -0.25) is 4.79 Å². The van der Waals surface area contributed by atoms with Gasteiger partial charge >= 0.3 is 0 Å². The zero-order chi connectivity index (χ0) is 16.7. The first-order chi connectivity index (χ1) is 11.5. The molecule has 0 heterocycles. The Morgan fingerprint density at radius 1 is 1.25 bits per heavy atom. The first-order valence-corrected chi connectivity index (χ1v) is 9.31. The maximum Gasteiger partial charge on any atom is 0.251 e. The van der Waals surface area contributed by atoms with E-state index in [0.717, 1.165) is 18.0 Å². The van der Waals surface area contributed by atoms with Crippen LogP contribution in [0.1, 0.15) is 60.9 Å². The number of amides is 1. The third-order valence-corrected chi connectivity index (χ3v) is 5.71. The van der Waals surface area contributed by atoms with Gasteiger partial charge in [-0.1, -0.05) is 12.1 Å². The van der Waals surface area contributed by atoms with E-state index >= 15 is 0 Å². The molecule has 24 heavy (non-hydrogen) atoms. The van der Waals surface area contributed by atoms with E-state index in [-0.39, 0.29) is 11.8 Å². The number of alkyl halides is 1. The molecule has 4 heteroatoms. The zero-order valence-corrected chi connectivity index (χ0v) is 14.4. The Kier molecular flexibility index (Phi) is 4.11. The number of carbonyl (C=O) groups excluding carboxylic acids is 1. The third-order valence-electron chi connectivity index (χ3n) is 5.71. The van der Waals surface area contributed by atoms with E-state index < -0.39 is 5.67 Å². The highest BCUT2D eigenvalue weighted by atomic mass is 19.1. The van der Waals surface area contributed by atoms with Crippen LogP contribution in [0.2, 0.25) is 0 Å². The van der Waals surface area contributed by atoms with Crippen LogP contribution in [0.5, 0.6) is 0 Å². The lowest BCUT2D eigenvalue weighted by Crippen LogP contribution is -2.43. The number of halogens is 1. The number of hydrogen-bond acceptors (Lipinski definition) is 2. The molecule has 0 aromatic heterocycles. The Labute approximate surface area is 143 Å². The van der Waals surface area contributed by atoms with E-state index in [0.29, 0.717) is 31.3 Å². The molecule has 3 aliphatic carbocycles. The standard InChI is InChI=1S/C20H27FN2O/c1-20(21)9-14(10-20)12-23-19(24)16-4-2-3-15(7-16)17-8-18(17)22-11-13-5-6-13/h2-4,7,13-14,17-18,22H,5-6,8-12H2,1H3,(H,23,24). The van der Waals surface area contributed by atoms with Crippen molar-refractivity contribution < 1.29 is 9.18 Å². The lowest BCUT2D eigenvalue weighted by atomic mass is 9.73. The fourth-order valence-corrected chi connectivity index (χ4v) is 3.97. The maximum absolute atomic E-state index is 13.5. The summed E-state index contributed by atoms with van der Waals surface area (Å²) in [6.07, 6.45) is 5.05. The Balaban J connectivity index is 1.27. The summed E-state index contributed by atoms with van der Waals surface area (Å²) in [4.78, 5) is 12.3. The van der Waals surface area contributed by atoms with Gasteiger partial charge in [0.25, 0.3) is 5.91 Å². The summed E-state index contributed by atoms with van der Waals surface area (Å²) in [6.45, 7) is 3.37. The summed E-state index contributed by atoms with van der Waals surface area (Å²) in [5.74, 6) is 1.70. The average Bonchev–Trinajstić information content (AvgIpc) is 3.43. The van der Waals surface area contributed by atoms with E-state index in [1.54, 1.807) is 6.92 Å². The summed E-state index contributed by atoms with van der Waals surface area (Å²) in [5.41, 5.74) is 0.961. The number of carbonyl (C=O) groups is 1. The van der Waals surface area contributed by atoms with Gasteiger partial charge in [-0.25, -0.2) is 4.39 Å². The van der Waals surface area contributed by atoms with Gasteiger partial charge < -0.3 is 10.6 Å². The van der Waals surface area contributed by atoms with E-state index in [1.807, 2.05) is 18.2 Å². The van der Waals surface area contributed by atoms with E-state index in [9.17, 15) is 9.18 Å². The molecule has 0 bridgehead atoms. The molecule has 0 aliphatic heterocycles. The van der Waals surface area contributed by atoms with Crippen molar-refractivity contribution in [2.75, 3.05) is 13.1 Å². The maximum atomic E-state index is 13.5. The van der Waals surface area contributed by atoms with Gasteiger partial charge in [0, 0.05) is 24.1 Å². The molecule has 2 atom stereocenters. The normalized spacial score (nSPS) is 34.5. The van der Waals surface area contributed by atoms with Crippen molar-refractivity contribution in [1.29, 1.82) is 0 Å². The Bertz CT molecular complexity index is 618. The Morgan fingerprint density at radius 2 is 2.04 bits per heavy atom. The van der Waals surface area contributed by atoms with Crippen molar-refractivity contribution in [3.8, 4) is 0 Å². The van der Waals surface area contributed by atoms with Crippen LogP contribution in [0.25, 0.3) is 0 Å². The Hall–Kier alpha value is -1.42. The number of rotatable bonds is 7. The summed E-state index contributed by atoms with van der Waals surface area (Å²) in [7, 11) is 0. The van der Waals surface area contributed by atoms with Crippen molar-refractivity contribution in [3.63, 3.8) is 0 Å². The molecule has 0 saturated heterocycles. The van der Waals surface area contributed by atoms with Gasteiger partial charge in [-0.05, 0) is 75.1 Å². The van der Waals surface area contributed by atoms with Gasteiger partial charge in [-0.2, -0.15) is 0 Å². The van der Waals surface area contributed by atoms with E-state index in [4.69, 9.17) is 0 Å². The quantitative estimate of drug-likeness (QED) is 0.804.